The summed E-state index contributed by atoms with van der Waals surface area (Å²) >= 11 is 0. The van der Waals surface area contributed by atoms with E-state index in [4.69, 9.17) is 0 Å². The Bertz CT molecular complexity index is 430. The van der Waals surface area contributed by atoms with Crippen molar-refractivity contribution in [1.82, 2.24) is 0 Å². The predicted molar refractivity (Wildman–Crippen MR) is 101 cm³/mol. The Morgan fingerprint density at radius 1 is 0.833 bits per heavy atom. The first-order valence-corrected chi connectivity index (χ1v) is 9.02. The Balaban J connectivity index is 3.37. The average Bonchev–Trinajstić information content (AvgIpc) is 2.58. The lowest BCUT2D eigenvalue weighted by Gasteiger charge is -2.01. The van der Waals surface area contributed by atoms with Crippen LogP contribution in [0, 0.1) is 0 Å². The zero-order valence-electron chi connectivity index (χ0n) is 15.0. The van der Waals surface area contributed by atoms with Crippen molar-refractivity contribution in [3.05, 3.63) is 49.1 Å². The molecule has 3 heteroatoms. The molecule has 0 amide bonds. The summed E-state index contributed by atoms with van der Waals surface area (Å²) in [5.74, 6) is -1.12. The quantitative estimate of drug-likeness (QED) is 0.132. The number of rotatable bonds is 14. The van der Waals surface area contributed by atoms with Gasteiger partial charge < -0.3 is 4.74 Å². The molecule has 3 nitrogen and oxygen atoms in total. The summed E-state index contributed by atoms with van der Waals surface area (Å²) < 4.78 is 4.50. The minimum atomic E-state index is -0.668. The molecule has 0 radical (unpaired) electrons. The van der Waals surface area contributed by atoms with Crippen LogP contribution in [-0.2, 0) is 14.3 Å². The second-order valence-corrected chi connectivity index (χ2v) is 5.60. The van der Waals surface area contributed by atoms with Gasteiger partial charge in [-0.15, -0.1) is 0 Å². The lowest BCUT2D eigenvalue weighted by Crippen LogP contribution is -2.09. The maximum atomic E-state index is 11.2. The zero-order chi connectivity index (χ0) is 17.9. The summed E-state index contributed by atoms with van der Waals surface area (Å²) in [6.07, 6.45) is 24.0. The van der Waals surface area contributed by atoms with E-state index in [9.17, 15) is 9.59 Å². The van der Waals surface area contributed by atoms with Crippen molar-refractivity contribution in [2.24, 2.45) is 0 Å². The molecule has 0 N–H and O–H groups in total. The first kappa shape index (κ1) is 22.1. The van der Waals surface area contributed by atoms with E-state index in [0.29, 0.717) is 6.42 Å². The SMILES string of the molecule is C=CC(=O)OC(=O)CCCCCCC/C=C\C/C=C\C/C=C\CC. The average molecular weight is 332 g/mol. The Kier molecular flexibility index (Phi) is 16.1. The van der Waals surface area contributed by atoms with Crippen LogP contribution in [0.1, 0.15) is 71.1 Å². The van der Waals surface area contributed by atoms with Crippen LogP contribution in [0.15, 0.2) is 49.1 Å². The molecule has 0 aliphatic rings. The lowest BCUT2D eigenvalue weighted by molar-refractivity contribution is -0.156. The highest BCUT2D eigenvalue weighted by Crippen LogP contribution is 2.08. The molecule has 0 atom stereocenters. The van der Waals surface area contributed by atoms with Crippen LogP contribution < -0.4 is 0 Å². The molecular weight excluding hydrogens is 300 g/mol. The molecule has 0 bridgehead atoms. The van der Waals surface area contributed by atoms with Gasteiger partial charge in [0.15, 0.2) is 0 Å². The second-order valence-electron chi connectivity index (χ2n) is 5.60. The maximum Gasteiger partial charge on any atom is 0.337 e. The van der Waals surface area contributed by atoms with Gasteiger partial charge in [0.1, 0.15) is 0 Å². The van der Waals surface area contributed by atoms with Crippen LogP contribution >= 0.6 is 0 Å². The molecule has 0 aromatic heterocycles. The molecule has 0 saturated heterocycles. The fraction of sp³-hybridized carbons (Fsp3) is 0.524. The summed E-state index contributed by atoms with van der Waals surface area (Å²) in [5, 5.41) is 0. The van der Waals surface area contributed by atoms with Gasteiger partial charge >= 0.3 is 11.9 Å². The number of unbranched alkanes of at least 4 members (excludes halogenated alkanes) is 5. The number of allylic oxidation sites excluding steroid dienone is 6. The number of ether oxygens (including phenoxy) is 1. The highest BCUT2D eigenvalue weighted by Gasteiger charge is 2.06. The van der Waals surface area contributed by atoms with E-state index in [1.807, 2.05) is 0 Å². The minimum absolute atomic E-state index is 0.305. The largest absolute Gasteiger partial charge is 0.390 e. The predicted octanol–water partition coefficient (Wildman–Crippen LogP) is 5.83. The molecule has 0 rings (SSSR count). The molecule has 0 fully saturated rings. The molecule has 0 aliphatic carbocycles. The van der Waals surface area contributed by atoms with Gasteiger partial charge in [-0.05, 0) is 38.5 Å². The van der Waals surface area contributed by atoms with Crippen molar-refractivity contribution in [3.8, 4) is 0 Å². The summed E-state index contributed by atoms with van der Waals surface area (Å²) in [5.41, 5.74) is 0. The third-order valence-electron chi connectivity index (χ3n) is 3.41. The van der Waals surface area contributed by atoms with Gasteiger partial charge in [0.25, 0.3) is 0 Å². The first-order chi connectivity index (χ1) is 11.7. The van der Waals surface area contributed by atoms with Crippen LogP contribution in [0.3, 0.4) is 0 Å². The molecule has 0 aliphatic heterocycles. The highest BCUT2D eigenvalue weighted by atomic mass is 16.6. The third kappa shape index (κ3) is 16.5. The lowest BCUT2D eigenvalue weighted by atomic mass is 10.1. The second kappa shape index (κ2) is 17.5. The van der Waals surface area contributed by atoms with Crippen molar-refractivity contribution < 1.29 is 14.3 Å². The summed E-state index contributed by atoms with van der Waals surface area (Å²) in [4.78, 5) is 22.0. The van der Waals surface area contributed by atoms with Gasteiger partial charge in [-0.25, -0.2) is 4.79 Å². The number of esters is 2. The van der Waals surface area contributed by atoms with Gasteiger partial charge in [0.05, 0.1) is 0 Å². The molecule has 0 spiro atoms. The molecule has 24 heavy (non-hydrogen) atoms. The van der Waals surface area contributed by atoms with E-state index in [-0.39, 0.29) is 0 Å². The normalized spacial score (nSPS) is 11.5. The Morgan fingerprint density at radius 2 is 1.42 bits per heavy atom. The molecule has 0 heterocycles. The molecule has 134 valence electrons. The van der Waals surface area contributed by atoms with E-state index >= 15 is 0 Å². The number of carbonyl (C=O) groups is 2. The van der Waals surface area contributed by atoms with Gasteiger partial charge in [0, 0.05) is 12.5 Å². The molecule has 0 aromatic carbocycles. The minimum Gasteiger partial charge on any atom is -0.390 e. The van der Waals surface area contributed by atoms with E-state index in [2.05, 4.69) is 54.7 Å². The van der Waals surface area contributed by atoms with Crippen LogP contribution in [0.5, 0.6) is 0 Å². The topological polar surface area (TPSA) is 43.4 Å². The molecule has 0 aromatic rings. The van der Waals surface area contributed by atoms with Crippen molar-refractivity contribution >= 4 is 11.9 Å². The smallest absolute Gasteiger partial charge is 0.337 e. The fourth-order valence-electron chi connectivity index (χ4n) is 2.09. The van der Waals surface area contributed by atoms with Crippen LogP contribution in [0.25, 0.3) is 0 Å². The standard InChI is InChI=1S/C21H32O3/c1-3-5-6-7-8-9-10-11-12-13-14-15-16-17-18-19-21(23)24-20(22)4-2/h4-6,8-9,11-12H,2-3,7,10,13-19H2,1H3/b6-5-,9-8-,12-11-. The zero-order valence-corrected chi connectivity index (χ0v) is 15.0. The van der Waals surface area contributed by atoms with Gasteiger partial charge in [0.2, 0.25) is 0 Å². The van der Waals surface area contributed by atoms with Crippen molar-refractivity contribution in [2.75, 3.05) is 0 Å². The van der Waals surface area contributed by atoms with E-state index in [1.54, 1.807) is 0 Å². The third-order valence-corrected chi connectivity index (χ3v) is 3.41. The van der Waals surface area contributed by atoms with Crippen molar-refractivity contribution in [3.63, 3.8) is 0 Å². The molecule has 0 unspecified atom stereocenters. The molecule has 0 saturated carbocycles. The van der Waals surface area contributed by atoms with Crippen LogP contribution in [0.2, 0.25) is 0 Å². The van der Waals surface area contributed by atoms with Crippen LogP contribution in [-0.4, -0.2) is 11.9 Å². The maximum absolute atomic E-state index is 11.2. The van der Waals surface area contributed by atoms with Crippen LogP contribution in [0.4, 0.5) is 0 Å². The summed E-state index contributed by atoms with van der Waals surface area (Å²) in [7, 11) is 0. The Labute approximate surface area is 147 Å². The number of hydrogen-bond donors (Lipinski definition) is 0. The number of hydrogen-bond acceptors (Lipinski definition) is 3. The van der Waals surface area contributed by atoms with Gasteiger partial charge in [-0.2, -0.15) is 0 Å². The monoisotopic (exact) mass is 332 g/mol. The van der Waals surface area contributed by atoms with Crippen molar-refractivity contribution in [1.29, 1.82) is 0 Å². The van der Waals surface area contributed by atoms with Gasteiger partial charge in [-0.3, -0.25) is 4.79 Å². The summed E-state index contributed by atoms with van der Waals surface area (Å²) in [6, 6.07) is 0. The van der Waals surface area contributed by atoms with E-state index < -0.39 is 11.9 Å². The summed E-state index contributed by atoms with van der Waals surface area (Å²) in [6.45, 7) is 5.39. The van der Waals surface area contributed by atoms with E-state index in [0.717, 1.165) is 51.0 Å². The van der Waals surface area contributed by atoms with Gasteiger partial charge in [-0.1, -0.05) is 69.2 Å². The first-order valence-electron chi connectivity index (χ1n) is 9.02. The Morgan fingerprint density at radius 3 is 2.08 bits per heavy atom. The van der Waals surface area contributed by atoms with Crippen molar-refractivity contribution in [2.45, 2.75) is 71.1 Å². The van der Waals surface area contributed by atoms with E-state index in [1.165, 1.54) is 12.8 Å². The molecular formula is C21H32O3. The number of carbonyl (C=O) groups excluding carboxylic acids is 2. The Hall–Kier alpha value is -1.90. The fourth-order valence-corrected chi connectivity index (χ4v) is 2.09. The highest BCUT2D eigenvalue weighted by molar-refractivity contribution is 5.91.